The summed E-state index contributed by atoms with van der Waals surface area (Å²) in [6.45, 7) is 0. The van der Waals surface area contributed by atoms with Gasteiger partial charge in [0, 0.05) is 16.8 Å². The van der Waals surface area contributed by atoms with Crippen LogP contribution in [0.25, 0.3) is 15.9 Å². The van der Waals surface area contributed by atoms with E-state index in [9.17, 15) is 4.39 Å². The molecule has 0 aliphatic carbocycles. The number of benzene rings is 1. The van der Waals surface area contributed by atoms with Gasteiger partial charge >= 0.3 is 0 Å². The zero-order valence-corrected chi connectivity index (χ0v) is 11.7. The van der Waals surface area contributed by atoms with E-state index < -0.39 is 0 Å². The number of thiazole rings is 1. The predicted molar refractivity (Wildman–Crippen MR) is 76.6 cm³/mol. The standard InChI is InChI=1S/C13H8FN3OS2/c14-9-2-1-3-10-12(9)16-13(18-10)20-6-8-5-19-11-4-15-7-17(8)11/h1-5,7H,6H2. The fourth-order valence-corrected chi connectivity index (χ4v) is 3.72. The smallest absolute Gasteiger partial charge is 0.257 e. The Kier molecular flexibility index (Phi) is 2.75. The van der Waals surface area contributed by atoms with E-state index in [4.69, 9.17) is 4.42 Å². The van der Waals surface area contributed by atoms with E-state index >= 15 is 0 Å². The molecule has 0 amide bonds. The van der Waals surface area contributed by atoms with E-state index in [-0.39, 0.29) is 11.3 Å². The van der Waals surface area contributed by atoms with Crippen LogP contribution in [0.5, 0.6) is 0 Å². The third kappa shape index (κ3) is 1.90. The maximum atomic E-state index is 13.5. The normalized spacial score (nSPS) is 11.7. The lowest BCUT2D eigenvalue weighted by molar-refractivity contribution is 0.489. The molecule has 3 heterocycles. The van der Waals surface area contributed by atoms with E-state index in [2.05, 4.69) is 15.3 Å². The highest BCUT2D eigenvalue weighted by Crippen LogP contribution is 2.28. The fraction of sp³-hybridized carbons (Fsp3) is 0.0769. The average molecular weight is 305 g/mol. The molecule has 4 nitrogen and oxygen atoms in total. The number of fused-ring (bicyclic) bond motifs is 2. The van der Waals surface area contributed by atoms with Crippen molar-refractivity contribution in [1.82, 2.24) is 14.4 Å². The van der Waals surface area contributed by atoms with E-state index in [0.717, 1.165) is 10.5 Å². The molecule has 0 aliphatic rings. The minimum absolute atomic E-state index is 0.285. The number of para-hydroxylation sites is 1. The van der Waals surface area contributed by atoms with Gasteiger partial charge in [0.1, 0.15) is 16.7 Å². The summed E-state index contributed by atoms with van der Waals surface area (Å²) in [4.78, 5) is 9.38. The van der Waals surface area contributed by atoms with Gasteiger partial charge in [0.05, 0.1) is 6.20 Å². The maximum absolute atomic E-state index is 13.5. The van der Waals surface area contributed by atoms with Crippen LogP contribution in [-0.2, 0) is 5.75 Å². The van der Waals surface area contributed by atoms with Gasteiger partial charge in [-0.2, -0.15) is 0 Å². The molecule has 0 spiro atoms. The molecule has 0 unspecified atom stereocenters. The van der Waals surface area contributed by atoms with Crippen LogP contribution in [0.3, 0.4) is 0 Å². The van der Waals surface area contributed by atoms with Crippen LogP contribution in [0.4, 0.5) is 4.39 Å². The highest BCUT2D eigenvalue weighted by atomic mass is 32.2. The van der Waals surface area contributed by atoms with Gasteiger partial charge < -0.3 is 4.42 Å². The summed E-state index contributed by atoms with van der Waals surface area (Å²) in [5, 5.41) is 2.55. The average Bonchev–Trinajstić information content (AvgIpc) is 3.12. The Labute approximate surface area is 121 Å². The Bertz CT molecular complexity index is 895. The summed E-state index contributed by atoms with van der Waals surface area (Å²) in [5.74, 6) is 0.343. The van der Waals surface area contributed by atoms with Crippen molar-refractivity contribution in [1.29, 1.82) is 0 Å². The van der Waals surface area contributed by atoms with Gasteiger partial charge in [-0.05, 0) is 12.1 Å². The highest BCUT2D eigenvalue weighted by Gasteiger charge is 2.11. The Hall–Kier alpha value is -1.86. The van der Waals surface area contributed by atoms with Gasteiger partial charge in [-0.1, -0.05) is 17.8 Å². The first-order valence-electron chi connectivity index (χ1n) is 5.87. The molecule has 0 atom stereocenters. The van der Waals surface area contributed by atoms with Crippen molar-refractivity contribution >= 4 is 39.0 Å². The van der Waals surface area contributed by atoms with Crippen molar-refractivity contribution < 1.29 is 8.81 Å². The lowest BCUT2D eigenvalue weighted by atomic mass is 10.3. The number of aromatic nitrogens is 3. The lowest BCUT2D eigenvalue weighted by Gasteiger charge is -1.95. The number of thioether (sulfide) groups is 1. The molecule has 1 aromatic carbocycles. The Morgan fingerprint density at radius 2 is 2.35 bits per heavy atom. The molecule has 0 saturated heterocycles. The van der Waals surface area contributed by atoms with Crippen LogP contribution >= 0.6 is 23.1 Å². The van der Waals surface area contributed by atoms with E-state index in [1.807, 2.05) is 10.6 Å². The summed E-state index contributed by atoms with van der Waals surface area (Å²) in [6, 6.07) is 4.71. The minimum Gasteiger partial charge on any atom is -0.431 e. The number of oxazole rings is 1. The van der Waals surface area contributed by atoms with Crippen molar-refractivity contribution in [2.24, 2.45) is 0 Å². The molecule has 0 aliphatic heterocycles. The SMILES string of the molecule is Fc1cccc2oc(SCc3csc4cncn34)nc12. The van der Waals surface area contributed by atoms with Crippen LogP contribution in [0.15, 0.2) is 45.7 Å². The fourth-order valence-electron chi connectivity index (χ4n) is 1.97. The largest absolute Gasteiger partial charge is 0.431 e. The second kappa shape index (κ2) is 4.60. The summed E-state index contributed by atoms with van der Waals surface area (Å²) in [5.41, 5.74) is 1.88. The maximum Gasteiger partial charge on any atom is 0.257 e. The molecule has 3 aromatic heterocycles. The molecule has 0 radical (unpaired) electrons. The van der Waals surface area contributed by atoms with Crippen LogP contribution in [0, 0.1) is 5.82 Å². The van der Waals surface area contributed by atoms with Crippen molar-refractivity contribution in [3.05, 3.63) is 47.6 Å². The molecule has 0 N–H and O–H groups in total. The minimum atomic E-state index is -0.356. The summed E-state index contributed by atoms with van der Waals surface area (Å²) >= 11 is 3.08. The number of nitrogens with zero attached hydrogens (tertiary/aromatic N) is 3. The monoisotopic (exact) mass is 305 g/mol. The van der Waals surface area contributed by atoms with Gasteiger partial charge in [-0.15, -0.1) is 11.3 Å². The third-order valence-electron chi connectivity index (χ3n) is 2.92. The Balaban J connectivity index is 1.62. The highest BCUT2D eigenvalue weighted by molar-refractivity contribution is 7.98. The first kappa shape index (κ1) is 11.9. The molecular formula is C13H8FN3OS2. The first-order valence-corrected chi connectivity index (χ1v) is 7.74. The molecule has 4 rings (SSSR count). The van der Waals surface area contributed by atoms with Gasteiger partial charge in [-0.3, -0.25) is 4.40 Å². The van der Waals surface area contributed by atoms with Crippen LogP contribution in [0.1, 0.15) is 5.69 Å². The van der Waals surface area contributed by atoms with Crippen LogP contribution in [0.2, 0.25) is 0 Å². The van der Waals surface area contributed by atoms with Gasteiger partial charge in [0.2, 0.25) is 0 Å². The number of hydrogen-bond donors (Lipinski definition) is 0. The van der Waals surface area contributed by atoms with E-state index in [0.29, 0.717) is 16.6 Å². The Morgan fingerprint density at radius 1 is 1.40 bits per heavy atom. The molecule has 7 heteroatoms. The quantitative estimate of drug-likeness (QED) is 0.537. The van der Waals surface area contributed by atoms with Crippen molar-refractivity contribution in [3.63, 3.8) is 0 Å². The molecule has 4 aromatic rings. The second-order valence-electron chi connectivity index (χ2n) is 4.18. The van der Waals surface area contributed by atoms with E-state index in [1.54, 1.807) is 29.8 Å². The summed E-state index contributed by atoms with van der Waals surface area (Å²) < 4.78 is 21.1. The van der Waals surface area contributed by atoms with Gasteiger partial charge in [-0.25, -0.2) is 14.4 Å². The summed E-state index contributed by atoms with van der Waals surface area (Å²) in [6.07, 6.45) is 3.61. The molecule has 0 saturated carbocycles. The number of hydrogen-bond acceptors (Lipinski definition) is 5. The molecule has 0 bridgehead atoms. The molecule has 0 fully saturated rings. The predicted octanol–water partition coefficient (Wildman–Crippen LogP) is 3.97. The van der Waals surface area contributed by atoms with E-state index in [1.165, 1.54) is 17.8 Å². The number of halogens is 1. The number of imidazole rings is 1. The molecule has 20 heavy (non-hydrogen) atoms. The van der Waals surface area contributed by atoms with Gasteiger partial charge in [0.15, 0.2) is 11.4 Å². The molecule has 100 valence electrons. The number of rotatable bonds is 3. The van der Waals surface area contributed by atoms with Crippen LogP contribution in [-0.4, -0.2) is 14.4 Å². The van der Waals surface area contributed by atoms with Crippen molar-refractivity contribution in [2.75, 3.05) is 0 Å². The first-order chi connectivity index (χ1) is 9.81. The zero-order chi connectivity index (χ0) is 13.5. The second-order valence-corrected chi connectivity index (χ2v) is 6.00. The van der Waals surface area contributed by atoms with Crippen molar-refractivity contribution in [3.8, 4) is 0 Å². The molecular weight excluding hydrogens is 297 g/mol. The lowest BCUT2D eigenvalue weighted by Crippen LogP contribution is -1.86. The van der Waals surface area contributed by atoms with Crippen molar-refractivity contribution in [2.45, 2.75) is 11.0 Å². The topological polar surface area (TPSA) is 43.3 Å². The van der Waals surface area contributed by atoms with Gasteiger partial charge in [0.25, 0.3) is 5.22 Å². The Morgan fingerprint density at radius 3 is 3.25 bits per heavy atom. The third-order valence-corrected chi connectivity index (χ3v) is 4.72. The summed E-state index contributed by atoms with van der Waals surface area (Å²) in [7, 11) is 0. The van der Waals surface area contributed by atoms with Crippen LogP contribution < -0.4 is 0 Å². The zero-order valence-electron chi connectivity index (χ0n) is 10.1.